The Morgan fingerprint density at radius 1 is 1.46 bits per heavy atom. The highest BCUT2D eigenvalue weighted by atomic mass is 16.5. The SMILES string of the molecule is CO[C@H]1CCCC[C@@]1(O)CCCO. The highest BCUT2D eigenvalue weighted by Gasteiger charge is 2.38. The van der Waals surface area contributed by atoms with Crippen LogP contribution in [0.2, 0.25) is 0 Å². The van der Waals surface area contributed by atoms with Gasteiger partial charge < -0.3 is 14.9 Å². The molecule has 1 aliphatic rings. The van der Waals surface area contributed by atoms with Gasteiger partial charge in [0.1, 0.15) is 0 Å². The van der Waals surface area contributed by atoms with E-state index in [9.17, 15) is 5.11 Å². The summed E-state index contributed by atoms with van der Waals surface area (Å²) in [4.78, 5) is 0. The Morgan fingerprint density at radius 2 is 2.23 bits per heavy atom. The van der Waals surface area contributed by atoms with E-state index in [0.717, 1.165) is 25.7 Å². The van der Waals surface area contributed by atoms with Crippen LogP contribution in [-0.2, 0) is 4.74 Å². The third-order valence-corrected chi connectivity index (χ3v) is 2.98. The van der Waals surface area contributed by atoms with E-state index in [1.807, 2.05) is 0 Å². The largest absolute Gasteiger partial charge is 0.396 e. The van der Waals surface area contributed by atoms with Gasteiger partial charge in [-0.1, -0.05) is 12.8 Å². The molecule has 0 aromatic rings. The Labute approximate surface area is 79.7 Å². The van der Waals surface area contributed by atoms with Crippen LogP contribution < -0.4 is 0 Å². The molecule has 0 saturated heterocycles. The van der Waals surface area contributed by atoms with Crippen LogP contribution in [0.4, 0.5) is 0 Å². The fourth-order valence-electron chi connectivity index (χ4n) is 2.20. The van der Waals surface area contributed by atoms with Crippen LogP contribution in [0.25, 0.3) is 0 Å². The van der Waals surface area contributed by atoms with Crippen LogP contribution in [0.5, 0.6) is 0 Å². The molecule has 2 atom stereocenters. The molecule has 0 aromatic carbocycles. The number of methoxy groups -OCH3 is 1. The second-order valence-corrected chi connectivity index (χ2v) is 3.90. The first-order valence-electron chi connectivity index (χ1n) is 5.09. The Morgan fingerprint density at radius 3 is 2.85 bits per heavy atom. The summed E-state index contributed by atoms with van der Waals surface area (Å²) < 4.78 is 5.27. The molecular weight excluding hydrogens is 168 g/mol. The number of rotatable bonds is 4. The van der Waals surface area contributed by atoms with Crippen LogP contribution in [-0.4, -0.2) is 35.6 Å². The van der Waals surface area contributed by atoms with Gasteiger partial charge in [-0.2, -0.15) is 0 Å². The monoisotopic (exact) mass is 188 g/mol. The number of hydrogen-bond acceptors (Lipinski definition) is 3. The lowest BCUT2D eigenvalue weighted by molar-refractivity contribution is -0.122. The van der Waals surface area contributed by atoms with Gasteiger partial charge in [0.2, 0.25) is 0 Å². The summed E-state index contributed by atoms with van der Waals surface area (Å²) in [5.41, 5.74) is -0.685. The van der Waals surface area contributed by atoms with E-state index in [4.69, 9.17) is 9.84 Å². The Hall–Kier alpha value is -0.120. The van der Waals surface area contributed by atoms with Crippen LogP contribution in [0.1, 0.15) is 38.5 Å². The molecule has 0 spiro atoms. The van der Waals surface area contributed by atoms with Crippen molar-refractivity contribution in [3.05, 3.63) is 0 Å². The molecule has 0 radical (unpaired) electrons. The molecule has 0 bridgehead atoms. The standard InChI is InChI=1S/C10H20O3/c1-13-9-5-2-3-6-10(9,12)7-4-8-11/h9,11-12H,2-8H2,1H3/t9-,10+/m0/s1. The van der Waals surface area contributed by atoms with Gasteiger partial charge in [-0.15, -0.1) is 0 Å². The molecule has 0 amide bonds. The minimum absolute atomic E-state index is 0.0344. The van der Waals surface area contributed by atoms with E-state index < -0.39 is 5.60 Å². The molecule has 1 saturated carbocycles. The van der Waals surface area contributed by atoms with Gasteiger partial charge in [0, 0.05) is 13.7 Å². The van der Waals surface area contributed by atoms with Crippen molar-refractivity contribution in [1.29, 1.82) is 0 Å². The second-order valence-electron chi connectivity index (χ2n) is 3.90. The Bertz CT molecular complexity index is 149. The summed E-state index contributed by atoms with van der Waals surface area (Å²) in [6, 6.07) is 0. The average molecular weight is 188 g/mol. The zero-order valence-electron chi connectivity index (χ0n) is 8.33. The molecule has 2 N–H and O–H groups in total. The molecule has 0 aliphatic heterocycles. The van der Waals surface area contributed by atoms with Crippen molar-refractivity contribution in [2.45, 2.75) is 50.2 Å². The van der Waals surface area contributed by atoms with Crippen molar-refractivity contribution >= 4 is 0 Å². The molecule has 78 valence electrons. The number of ether oxygens (including phenoxy) is 1. The molecular formula is C10H20O3. The predicted molar refractivity (Wildman–Crippen MR) is 50.5 cm³/mol. The van der Waals surface area contributed by atoms with Crippen LogP contribution in [0.15, 0.2) is 0 Å². The summed E-state index contributed by atoms with van der Waals surface area (Å²) in [5, 5.41) is 18.9. The van der Waals surface area contributed by atoms with E-state index in [-0.39, 0.29) is 12.7 Å². The maximum Gasteiger partial charge on any atom is 0.0908 e. The topological polar surface area (TPSA) is 49.7 Å². The third kappa shape index (κ3) is 2.66. The smallest absolute Gasteiger partial charge is 0.0908 e. The zero-order chi connectivity index (χ0) is 9.73. The summed E-state index contributed by atoms with van der Waals surface area (Å²) >= 11 is 0. The maximum absolute atomic E-state index is 10.2. The molecule has 0 unspecified atom stereocenters. The van der Waals surface area contributed by atoms with Crippen molar-refractivity contribution in [3.63, 3.8) is 0 Å². The van der Waals surface area contributed by atoms with Gasteiger partial charge in [0.15, 0.2) is 0 Å². The predicted octanol–water partition coefficient (Wildman–Crippen LogP) is 1.08. The molecule has 1 rings (SSSR count). The van der Waals surface area contributed by atoms with Gasteiger partial charge in [0.25, 0.3) is 0 Å². The van der Waals surface area contributed by atoms with Crippen molar-refractivity contribution in [1.82, 2.24) is 0 Å². The van der Waals surface area contributed by atoms with E-state index in [1.165, 1.54) is 0 Å². The summed E-state index contributed by atoms with van der Waals surface area (Å²) in [6.45, 7) is 0.152. The first-order chi connectivity index (χ1) is 6.23. The summed E-state index contributed by atoms with van der Waals surface area (Å²) in [6.07, 6.45) is 5.25. The average Bonchev–Trinajstić information content (AvgIpc) is 2.16. The van der Waals surface area contributed by atoms with E-state index >= 15 is 0 Å². The number of aliphatic hydroxyl groups is 2. The number of hydrogen-bond donors (Lipinski definition) is 2. The third-order valence-electron chi connectivity index (χ3n) is 2.98. The van der Waals surface area contributed by atoms with Crippen molar-refractivity contribution < 1.29 is 14.9 Å². The summed E-state index contributed by atoms with van der Waals surface area (Å²) in [7, 11) is 1.65. The quantitative estimate of drug-likeness (QED) is 0.694. The van der Waals surface area contributed by atoms with Crippen molar-refractivity contribution in [3.8, 4) is 0 Å². The minimum atomic E-state index is -0.685. The molecule has 13 heavy (non-hydrogen) atoms. The molecule has 3 nitrogen and oxygen atoms in total. The fraction of sp³-hybridized carbons (Fsp3) is 1.00. The van der Waals surface area contributed by atoms with Crippen LogP contribution in [0.3, 0.4) is 0 Å². The van der Waals surface area contributed by atoms with Gasteiger partial charge >= 0.3 is 0 Å². The van der Waals surface area contributed by atoms with Crippen LogP contribution in [0, 0.1) is 0 Å². The van der Waals surface area contributed by atoms with Gasteiger partial charge in [-0.05, 0) is 25.7 Å². The highest BCUT2D eigenvalue weighted by molar-refractivity contribution is 4.90. The van der Waals surface area contributed by atoms with E-state index in [0.29, 0.717) is 12.8 Å². The first kappa shape index (κ1) is 11.0. The Balaban J connectivity index is 2.49. The van der Waals surface area contributed by atoms with Crippen molar-refractivity contribution in [2.24, 2.45) is 0 Å². The lowest BCUT2D eigenvalue weighted by Gasteiger charge is -2.39. The number of aliphatic hydroxyl groups excluding tert-OH is 1. The van der Waals surface area contributed by atoms with Gasteiger partial charge in [-0.3, -0.25) is 0 Å². The Kier molecular flexibility index (Phi) is 4.16. The first-order valence-corrected chi connectivity index (χ1v) is 5.09. The van der Waals surface area contributed by atoms with Crippen LogP contribution >= 0.6 is 0 Å². The molecule has 1 fully saturated rings. The lowest BCUT2D eigenvalue weighted by Crippen LogP contribution is -2.46. The molecule has 0 aromatic heterocycles. The molecule has 1 aliphatic carbocycles. The normalized spacial score (nSPS) is 34.8. The van der Waals surface area contributed by atoms with E-state index in [2.05, 4.69) is 0 Å². The zero-order valence-corrected chi connectivity index (χ0v) is 8.33. The highest BCUT2D eigenvalue weighted by Crippen LogP contribution is 2.33. The molecule has 0 heterocycles. The summed E-state index contributed by atoms with van der Waals surface area (Å²) in [5.74, 6) is 0. The minimum Gasteiger partial charge on any atom is -0.396 e. The van der Waals surface area contributed by atoms with E-state index in [1.54, 1.807) is 7.11 Å². The van der Waals surface area contributed by atoms with Gasteiger partial charge in [0.05, 0.1) is 11.7 Å². The molecule has 3 heteroatoms. The fourth-order valence-corrected chi connectivity index (χ4v) is 2.20. The lowest BCUT2D eigenvalue weighted by atomic mass is 9.79. The van der Waals surface area contributed by atoms with Crippen molar-refractivity contribution in [2.75, 3.05) is 13.7 Å². The maximum atomic E-state index is 10.2. The van der Waals surface area contributed by atoms with Gasteiger partial charge in [-0.25, -0.2) is 0 Å². The second kappa shape index (κ2) is 4.94.